The fraction of sp³-hybridized carbons (Fsp3) is 0.280. The molecule has 0 aliphatic carbocycles. The normalized spacial score (nSPS) is 16.5. The molecule has 0 bridgehead atoms. The molecule has 0 amide bonds. The minimum Gasteiger partial charge on any atom is -0.369 e. The third-order valence-electron chi connectivity index (χ3n) is 6.27. The van der Waals surface area contributed by atoms with Crippen molar-refractivity contribution in [3.63, 3.8) is 0 Å². The Labute approximate surface area is 207 Å². The van der Waals surface area contributed by atoms with E-state index >= 15 is 0 Å². The first kappa shape index (κ1) is 25.0. The molecule has 8 nitrogen and oxygen atoms in total. The topological polar surface area (TPSA) is 90.0 Å². The van der Waals surface area contributed by atoms with Gasteiger partial charge in [-0.15, -0.1) is 0 Å². The molecule has 3 aromatic rings. The van der Waals surface area contributed by atoms with E-state index in [1.807, 2.05) is 37.4 Å². The number of hydrogen-bond donors (Lipinski definition) is 1. The summed E-state index contributed by atoms with van der Waals surface area (Å²) >= 11 is 0. The van der Waals surface area contributed by atoms with Crippen molar-refractivity contribution in [2.24, 2.45) is 0 Å². The molecule has 186 valence electrons. The molecule has 1 N–H and O–H groups in total. The van der Waals surface area contributed by atoms with Gasteiger partial charge >= 0.3 is 0 Å². The van der Waals surface area contributed by atoms with E-state index < -0.39 is 20.0 Å². The van der Waals surface area contributed by atoms with Crippen LogP contribution in [-0.2, 0) is 20.0 Å². The smallest absolute Gasteiger partial charge is 0.261 e. The summed E-state index contributed by atoms with van der Waals surface area (Å²) in [6, 6.07) is 23.0. The maximum atomic E-state index is 13.1. The van der Waals surface area contributed by atoms with Crippen LogP contribution in [0.4, 0.5) is 17.1 Å². The van der Waals surface area contributed by atoms with E-state index in [1.54, 1.807) is 12.1 Å². The molecule has 35 heavy (non-hydrogen) atoms. The van der Waals surface area contributed by atoms with Gasteiger partial charge in [-0.05, 0) is 55.0 Å². The molecule has 3 aromatic carbocycles. The van der Waals surface area contributed by atoms with Gasteiger partial charge < -0.3 is 9.80 Å². The van der Waals surface area contributed by atoms with Gasteiger partial charge in [0.15, 0.2) is 0 Å². The van der Waals surface area contributed by atoms with Crippen molar-refractivity contribution in [3.8, 4) is 0 Å². The van der Waals surface area contributed by atoms with Crippen LogP contribution in [0.1, 0.15) is 6.42 Å². The van der Waals surface area contributed by atoms with E-state index in [4.69, 9.17) is 0 Å². The summed E-state index contributed by atoms with van der Waals surface area (Å²) < 4.78 is 54.6. The molecule has 1 fully saturated rings. The lowest BCUT2D eigenvalue weighted by Crippen LogP contribution is -2.35. The highest BCUT2D eigenvalue weighted by Crippen LogP contribution is 2.32. The second-order valence-corrected chi connectivity index (χ2v) is 12.6. The summed E-state index contributed by atoms with van der Waals surface area (Å²) in [6.07, 6.45) is 0.953. The predicted octanol–water partition coefficient (Wildman–Crippen LogP) is 3.45. The Balaban J connectivity index is 1.53. The summed E-state index contributed by atoms with van der Waals surface area (Å²) in [6.45, 7) is 1.76. The first-order valence-electron chi connectivity index (χ1n) is 11.3. The lowest BCUT2D eigenvalue weighted by Gasteiger charge is -2.29. The highest BCUT2D eigenvalue weighted by molar-refractivity contribution is 7.92. The van der Waals surface area contributed by atoms with Crippen molar-refractivity contribution in [1.82, 2.24) is 4.31 Å². The van der Waals surface area contributed by atoms with Gasteiger partial charge in [0.2, 0.25) is 10.0 Å². The predicted molar refractivity (Wildman–Crippen MR) is 140 cm³/mol. The third-order valence-corrected chi connectivity index (χ3v) is 9.48. The summed E-state index contributed by atoms with van der Waals surface area (Å²) in [4.78, 5) is 4.47. The van der Waals surface area contributed by atoms with Crippen molar-refractivity contribution in [3.05, 3.63) is 78.9 Å². The lowest BCUT2D eigenvalue weighted by molar-refractivity contribution is 0.520. The Bertz CT molecular complexity index is 1380. The summed E-state index contributed by atoms with van der Waals surface area (Å²) in [5.74, 6) is 0. The van der Waals surface area contributed by atoms with Crippen LogP contribution in [0.25, 0.3) is 0 Å². The molecular weight excluding hydrogens is 484 g/mol. The van der Waals surface area contributed by atoms with E-state index in [-0.39, 0.29) is 15.8 Å². The molecule has 10 heteroatoms. The Morgan fingerprint density at radius 3 is 2.06 bits per heavy atom. The number of benzene rings is 3. The maximum Gasteiger partial charge on any atom is 0.261 e. The fourth-order valence-corrected chi connectivity index (χ4v) is 6.18. The molecule has 0 radical (unpaired) electrons. The summed E-state index contributed by atoms with van der Waals surface area (Å²) in [5, 5.41) is 0. The minimum absolute atomic E-state index is 0.0104. The molecule has 0 spiro atoms. The molecule has 1 atom stereocenters. The SMILES string of the molecule is CN(c1ccccc1NS(=O)(=O)c1ccc(S(=O)(=O)N(C)C)cc1)C1CCN(c2ccccc2)C1. The molecule has 1 aliphatic rings. The zero-order chi connectivity index (χ0) is 25.2. The quantitative estimate of drug-likeness (QED) is 0.495. The van der Waals surface area contributed by atoms with Crippen LogP contribution in [-0.4, -0.2) is 61.4 Å². The molecule has 1 aliphatic heterocycles. The van der Waals surface area contributed by atoms with Gasteiger partial charge in [-0.1, -0.05) is 30.3 Å². The minimum atomic E-state index is -3.92. The highest BCUT2D eigenvalue weighted by atomic mass is 32.2. The van der Waals surface area contributed by atoms with E-state index in [0.29, 0.717) is 5.69 Å². The zero-order valence-electron chi connectivity index (χ0n) is 20.0. The average Bonchev–Trinajstić information content (AvgIpc) is 3.35. The van der Waals surface area contributed by atoms with Crippen LogP contribution >= 0.6 is 0 Å². The largest absolute Gasteiger partial charge is 0.369 e. The second-order valence-electron chi connectivity index (χ2n) is 8.72. The third kappa shape index (κ3) is 5.29. The Morgan fingerprint density at radius 2 is 1.40 bits per heavy atom. The van der Waals surface area contributed by atoms with Gasteiger partial charge in [0, 0.05) is 46.0 Å². The monoisotopic (exact) mass is 514 g/mol. The van der Waals surface area contributed by atoms with Crippen molar-refractivity contribution in [2.45, 2.75) is 22.3 Å². The van der Waals surface area contributed by atoms with Crippen LogP contribution in [0.15, 0.2) is 88.7 Å². The number of nitrogens with zero attached hydrogens (tertiary/aromatic N) is 3. The average molecular weight is 515 g/mol. The van der Waals surface area contributed by atoms with Gasteiger partial charge in [0.05, 0.1) is 21.2 Å². The van der Waals surface area contributed by atoms with Crippen molar-refractivity contribution in [1.29, 1.82) is 0 Å². The van der Waals surface area contributed by atoms with Crippen molar-refractivity contribution < 1.29 is 16.8 Å². The van der Waals surface area contributed by atoms with Gasteiger partial charge in [-0.25, -0.2) is 21.1 Å². The van der Waals surface area contributed by atoms with Crippen LogP contribution in [0.5, 0.6) is 0 Å². The van der Waals surface area contributed by atoms with Crippen LogP contribution in [0.3, 0.4) is 0 Å². The lowest BCUT2D eigenvalue weighted by atomic mass is 10.2. The zero-order valence-corrected chi connectivity index (χ0v) is 21.6. The first-order chi connectivity index (χ1) is 16.6. The molecule has 0 aromatic heterocycles. The van der Waals surface area contributed by atoms with E-state index in [0.717, 1.165) is 29.5 Å². The fourth-order valence-electron chi connectivity index (χ4n) is 4.20. The van der Waals surface area contributed by atoms with Gasteiger partial charge in [-0.3, -0.25) is 4.72 Å². The first-order valence-corrected chi connectivity index (χ1v) is 14.2. The number of sulfonamides is 2. The maximum absolute atomic E-state index is 13.1. The number of anilines is 3. The summed E-state index contributed by atoms with van der Waals surface area (Å²) in [5.41, 5.74) is 2.43. The Morgan fingerprint density at radius 1 is 0.800 bits per heavy atom. The Kier molecular flexibility index (Phi) is 7.07. The number of likely N-dealkylation sites (N-methyl/N-ethyl adjacent to an activating group) is 1. The molecule has 1 unspecified atom stereocenters. The standard InChI is InChI=1S/C25H30N4O4S2/c1-27(2)35(32,33)23-15-13-22(14-16-23)34(30,31)26-24-11-7-8-12-25(24)28(3)21-17-18-29(19-21)20-9-5-4-6-10-20/h4-16,21,26H,17-19H2,1-3H3. The highest BCUT2D eigenvalue weighted by Gasteiger charge is 2.28. The Hall–Kier alpha value is -3.08. The second kappa shape index (κ2) is 9.88. The van der Waals surface area contributed by atoms with Crippen LogP contribution < -0.4 is 14.5 Å². The number of para-hydroxylation sites is 3. The van der Waals surface area contributed by atoms with Crippen molar-refractivity contribution >= 4 is 37.1 Å². The van der Waals surface area contributed by atoms with Crippen LogP contribution in [0.2, 0.25) is 0 Å². The van der Waals surface area contributed by atoms with E-state index in [9.17, 15) is 16.8 Å². The molecule has 1 saturated heterocycles. The summed E-state index contributed by atoms with van der Waals surface area (Å²) in [7, 11) is -2.73. The van der Waals surface area contributed by atoms with E-state index in [2.05, 4.69) is 26.7 Å². The number of rotatable bonds is 8. The van der Waals surface area contributed by atoms with Crippen molar-refractivity contribution in [2.75, 3.05) is 48.8 Å². The number of hydrogen-bond acceptors (Lipinski definition) is 6. The van der Waals surface area contributed by atoms with Gasteiger partial charge in [-0.2, -0.15) is 0 Å². The van der Waals surface area contributed by atoms with Gasteiger partial charge in [0.1, 0.15) is 0 Å². The molecular formula is C25H30N4O4S2. The number of nitrogens with one attached hydrogen (secondary N) is 1. The molecule has 4 rings (SSSR count). The van der Waals surface area contributed by atoms with E-state index in [1.165, 1.54) is 44.0 Å². The molecule has 0 saturated carbocycles. The molecule has 1 heterocycles. The van der Waals surface area contributed by atoms with Crippen LogP contribution in [0, 0.1) is 0 Å². The van der Waals surface area contributed by atoms with Gasteiger partial charge in [0.25, 0.3) is 10.0 Å².